The van der Waals surface area contributed by atoms with Crippen LogP contribution in [-0.2, 0) is 0 Å². The second-order valence-corrected chi connectivity index (χ2v) is 6.46. The van der Waals surface area contributed by atoms with Gasteiger partial charge in [-0.2, -0.15) is 5.10 Å². The predicted octanol–water partition coefficient (Wildman–Crippen LogP) is 3.37. The Balaban J connectivity index is 1.60. The Bertz CT molecular complexity index is 1300. The fourth-order valence-electron chi connectivity index (χ4n) is 3.26. The molecule has 4 aromatic rings. The van der Waals surface area contributed by atoms with Crippen molar-refractivity contribution in [2.75, 3.05) is 12.1 Å². The Labute approximate surface area is 165 Å². The molecule has 1 aliphatic rings. The topological polar surface area (TPSA) is 82.4 Å². The Hall–Kier alpha value is -4.13. The molecule has 0 fully saturated rings. The maximum Gasteiger partial charge on any atom is 0.280 e. The molecule has 0 bridgehead atoms. The monoisotopic (exact) mass is 385 g/mol. The lowest BCUT2D eigenvalue weighted by Gasteiger charge is -2.12. The van der Waals surface area contributed by atoms with Crippen LogP contribution in [0, 0.1) is 0 Å². The molecule has 29 heavy (non-hydrogen) atoms. The van der Waals surface area contributed by atoms with E-state index >= 15 is 0 Å². The Morgan fingerprint density at radius 1 is 0.931 bits per heavy atom. The molecule has 0 radical (unpaired) electrons. The van der Waals surface area contributed by atoms with Crippen LogP contribution in [0.15, 0.2) is 77.6 Å². The highest BCUT2D eigenvalue weighted by Crippen LogP contribution is 2.34. The van der Waals surface area contributed by atoms with E-state index in [-0.39, 0.29) is 12.5 Å². The SMILES string of the molecule is O=C(Nc1ccc2c(c1)OCO2)c1nn(-c2ccccc2)c2ccccc2c1=O. The molecule has 0 spiro atoms. The van der Waals surface area contributed by atoms with Crippen molar-refractivity contribution in [3.63, 3.8) is 0 Å². The Kier molecular flexibility index (Phi) is 3.98. The number of nitrogens with zero attached hydrogens (tertiary/aromatic N) is 2. The molecule has 1 N–H and O–H groups in total. The summed E-state index contributed by atoms with van der Waals surface area (Å²) in [5, 5.41) is 7.52. The number of benzene rings is 3. The molecule has 5 rings (SSSR count). The van der Waals surface area contributed by atoms with Gasteiger partial charge in [-0.15, -0.1) is 0 Å². The molecule has 0 atom stereocenters. The van der Waals surface area contributed by atoms with Crippen LogP contribution in [0.4, 0.5) is 5.69 Å². The van der Waals surface area contributed by atoms with E-state index in [0.717, 1.165) is 5.69 Å². The van der Waals surface area contributed by atoms with Gasteiger partial charge in [-0.25, -0.2) is 4.68 Å². The minimum Gasteiger partial charge on any atom is -0.454 e. The summed E-state index contributed by atoms with van der Waals surface area (Å²) in [7, 11) is 0. The van der Waals surface area contributed by atoms with Crippen LogP contribution in [0.2, 0.25) is 0 Å². The van der Waals surface area contributed by atoms with Gasteiger partial charge in [0, 0.05) is 11.8 Å². The number of ether oxygens (including phenoxy) is 2. The molecule has 7 heteroatoms. The smallest absolute Gasteiger partial charge is 0.280 e. The summed E-state index contributed by atoms with van der Waals surface area (Å²) >= 11 is 0. The third-order valence-electron chi connectivity index (χ3n) is 4.64. The average molecular weight is 385 g/mol. The van der Waals surface area contributed by atoms with Gasteiger partial charge in [0.05, 0.1) is 16.6 Å². The van der Waals surface area contributed by atoms with Gasteiger partial charge in [-0.3, -0.25) is 9.59 Å². The second-order valence-electron chi connectivity index (χ2n) is 6.46. The summed E-state index contributed by atoms with van der Waals surface area (Å²) in [6, 6.07) is 21.5. The van der Waals surface area contributed by atoms with E-state index < -0.39 is 11.3 Å². The van der Waals surface area contributed by atoms with Gasteiger partial charge in [0.15, 0.2) is 17.2 Å². The highest BCUT2D eigenvalue weighted by atomic mass is 16.7. The highest BCUT2D eigenvalue weighted by molar-refractivity contribution is 6.04. The first kappa shape index (κ1) is 17.0. The van der Waals surface area contributed by atoms with Crippen LogP contribution >= 0.6 is 0 Å². The van der Waals surface area contributed by atoms with E-state index in [0.29, 0.717) is 28.1 Å². The zero-order valence-electron chi connectivity index (χ0n) is 15.2. The summed E-state index contributed by atoms with van der Waals surface area (Å²) in [5.41, 5.74) is 1.25. The maximum atomic E-state index is 12.9. The fourth-order valence-corrected chi connectivity index (χ4v) is 3.26. The van der Waals surface area contributed by atoms with E-state index in [4.69, 9.17) is 9.47 Å². The summed E-state index contributed by atoms with van der Waals surface area (Å²) in [6.45, 7) is 0.140. The summed E-state index contributed by atoms with van der Waals surface area (Å²) < 4.78 is 12.2. The number of carbonyl (C=O) groups excluding carboxylic acids is 1. The second kappa shape index (κ2) is 6.79. The van der Waals surface area contributed by atoms with Crippen molar-refractivity contribution in [3.05, 3.63) is 88.7 Å². The molecule has 2 heterocycles. The van der Waals surface area contributed by atoms with E-state index in [1.54, 1.807) is 41.1 Å². The first-order chi connectivity index (χ1) is 14.2. The van der Waals surface area contributed by atoms with Crippen molar-refractivity contribution in [2.24, 2.45) is 0 Å². The van der Waals surface area contributed by atoms with Crippen LogP contribution in [0.5, 0.6) is 11.5 Å². The van der Waals surface area contributed by atoms with Crippen molar-refractivity contribution in [1.82, 2.24) is 9.78 Å². The third-order valence-corrected chi connectivity index (χ3v) is 4.64. The van der Waals surface area contributed by atoms with Gasteiger partial charge in [0.1, 0.15) is 0 Å². The molecular formula is C22H15N3O4. The van der Waals surface area contributed by atoms with E-state index in [1.165, 1.54) is 0 Å². The van der Waals surface area contributed by atoms with Crippen molar-refractivity contribution in [2.45, 2.75) is 0 Å². The van der Waals surface area contributed by atoms with Crippen LogP contribution in [-0.4, -0.2) is 22.5 Å². The number of amides is 1. The number of hydrogen-bond donors (Lipinski definition) is 1. The predicted molar refractivity (Wildman–Crippen MR) is 108 cm³/mol. The number of fused-ring (bicyclic) bond motifs is 2. The molecule has 1 aliphatic heterocycles. The molecular weight excluding hydrogens is 370 g/mol. The van der Waals surface area contributed by atoms with Crippen LogP contribution < -0.4 is 20.2 Å². The van der Waals surface area contributed by atoms with E-state index in [1.807, 2.05) is 36.4 Å². The number of rotatable bonds is 3. The maximum absolute atomic E-state index is 12.9. The lowest BCUT2D eigenvalue weighted by atomic mass is 10.2. The number of para-hydroxylation sites is 2. The molecule has 0 saturated carbocycles. The molecule has 1 aromatic heterocycles. The Morgan fingerprint density at radius 2 is 1.69 bits per heavy atom. The fraction of sp³-hybridized carbons (Fsp3) is 0.0455. The minimum absolute atomic E-state index is 0.140. The van der Waals surface area contributed by atoms with Gasteiger partial charge in [0.2, 0.25) is 12.2 Å². The number of aromatic nitrogens is 2. The largest absolute Gasteiger partial charge is 0.454 e. The standard InChI is InChI=1S/C22H15N3O4/c26-21-16-8-4-5-9-17(16)25(15-6-2-1-3-7-15)24-20(21)22(27)23-14-10-11-18-19(12-14)29-13-28-18/h1-12H,13H2,(H,23,27). The number of carbonyl (C=O) groups is 1. The molecule has 0 unspecified atom stereocenters. The van der Waals surface area contributed by atoms with Crippen molar-refractivity contribution < 1.29 is 14.3 Å². The first-order valence-electron chi connectivity index (χ1n) is 8.99. The van der Waals surface area contributed by atoms with E-state index in [2.05, 4.69) is 10.4 Å². The number of hydrogen-bond acceptors (Lipinski definition) is 5. The summed E-state index contributed by atoms with van der Waals surface area (Å²) in [5.74, 6) is 0.554. The number of nitrogens with one attached hydrogen (secondary N) is 1. The molecule has 7 nitrogen and oxygen atoms in total. The zero-order valence-corrected chi connectivity index (χ0v) is 15.2. The van der Waals surface area contributed by atoms with Crippen LogP contribution in [0.1, 0.15) is 10.5 Å². The van der Waals surface area contributed by atoms with Gasteiger partial charge < -0.3 is 14.8 Å². The molecule has 142 valence electrons. The lowest BCUT2D eigenvalue weighted by molar-refractivity contribution is 0.102. The van der Waals surface area contributed by atoms with Crippen molar-refractivity contribution >= 4 is 22.5 Å². The Morgan fingerprint density at radius 3 is 2.55 bits per heavy atom. The van der Waals surface area contributed by atoms with E-state index in [9.17, 15) is 9.59 Å². The molecule has 1 amide bonds. The average Bonchev–Trinajstić information content (AvgIpc) is 3.23. The third kappa shape index (κ3) is 2.98. The number of anilines is 1. The summed E-state index contributed by atoms with van der Waals surface area (Å²) in [6.07, 6.45) is 0. The molecule has 0 saturated heterocycles. The molecule has 3 aromatic carbocycles. The van der Waals surface area contributed by atoms with Gasteiger partial charge >= 0.3 is 0 Å². The molecule has 0 aliphatic carbocycles. The summed E-state index contributed by atoms with van der Waals surface area (Å²) in [4.78, 5) is 25.9. The van der Waals surface area contributed by atoms with Crippen LogP contribution in [0.3, 0.4) is 0 Å². The van der Waals surface area contributed by atoms with Crippen molar-refractivity contribution in [1.29, 1.82) is 0 Å². The van der Waals surface area contributed by atoms with Crippen molar-refractivity contribution in [3.8, 4) is 17.2 Å². The quantitative estimate of drug-likeness (QED) is 0.585. The van der Waals surface area contributed by atoms with Gasteiger partial charge in [0.25, 0.3) is 5.91 Å². The van der Waals surface area contributed by atoms with Crippen LogP contribution in [0.25, 0.3) is 16.6 Å². The highest BCUT2D eigenvalue weighted by Gasteiger charge is 2.20. The minimum atomic E-state index is -0.593. The lowest BCUT2D eigenvalue weighted by Crippen LogP contribution is -2.26. The van der Waals surface area contributed by atoms with Gasteiger partial charge in [-0.05, 0) is 36.4 Å². The zero-order chi connectivity index (χ0) is 19.8. The van der Waals surface area contributed by atoms with Gasteiger partial charge in [-0.1, -0.05) is 30.3 Å². The normalized spacial score (nSPS) is 12.1. The first-order valence-corrected chi connectivity index (χ1v) is 8.99.